The molecule has 22 heavy (non-hydrogen) atoms. The van der Waals surface area contributed by atoms with Crippen LogP contribution < -0.4 is 14.4 Å². The van der Waals surface area contributed by atoms with Crippen LogP contribution in [0.5, 0.6) is 11.5 Å². The van der Waals surface area contributed by atoms with E-state index in [2.05, 4.69) is 0 Å². The third-order valence-electron chi connectivity index (χ3n) is 3.66. The molecule has 4 nitrogen and oxygen atoms in total. The zero-order valence-corrected chi connectivity index (χ0v) is 13.0. The Hall–Kier alpha value is -2.20. The van der Waals surface area contributed by atoms with Crippen molar-refractivity contribution in [2.75, 3.05) is 25.2 Å². The lowest BCUT2D eigenvalue weighted by Gasteiger charge is -2.18. The second-order valence-corrected chi connectivity index (χ2v) is 5.44. The van der Waals surface area contributed by atoms with E-state index < -0.39 is 0 Å². The SMILES string of the molecule is COc1ccccc1OCC(=O)N1CCc2cc(Cl)ccc21. The predicted molar refractivity (Wildman–Crippen MR) is 86.0 cm³/mol. The first kappa shape index (κ1) is 14.7. The Labute approximate surface area is 134 Å². The van der Waals surface area contributed by atoms with Crippen molar-refractivity contribution in [1.29, 1.82) is 0 Å². The molecule has 0 unspecified atom stereocenters. The van der Waals surface area contributed by atoms with Crippen molar-refractivity contribution in [2.24, 2.45) is 0 Å². The Morgan fingerprint density at radius 2 is 2.00 bits per heavy atom. The molecule has 0 aromatic heterocycles. The van der Waals surface area contributed by atoms with Crippen LogP contribution in [0.2, 0.25) is 5.02 Å². The van der Waals surface area contributed by atoms with E-state index in [1.54, 1.807) is 30.2 Å². The summed E-state index contributed by atoms with van der Waals surface area (Å²) in [5, 5.41) is 0.693. The Morgan fingerprint density at radius 3 is 2.77 bits per heavy atom. The summed E-state index contributed by atoms with van der Waals surface area (Å²) >= 11 is 5.98. The number of nitrogens with zero attached hydrogens (tertiary/aromatic N) is 1. The summed E-state index contributed by atoms with van der Waals surface area (Å²) in [5.41, 5.74) is 2.01. The van der Waals surface area contributed by atoms with Gasteiger partial charge in [-0.15, -0.1) is 0 Å². The highest BCUT2D eigenvalue weighted by Crippen LogP contribution is 2.31. The summed E-state index contributed by atoms with van der Waals surface area (Å²) < 4.78 is 10.8. The maximum Gasteiger partial charge on any atom is 0.264 e. The minimum Gasteiger partial charge on any atom is -0.493 e. The van der Waals surface area contributed by atoms with Gasteiger partial charge in [0.25, 0.3) is 5.91 Å². The average Bonchev–Trinajstić information content (AvgIpc) is 2.95. The highest BCUT2D eigenvalue weighted by molar-refractivity contribution is 6.30. The van der Waals surface area contributed by atoms with Gasteiger partial charge in [-0.05, 0) is 42.3 Å². The molecule has 0 N–H and O–H groups in total. The number of para-hydroxylation sites is 2. The van der Waals surface area contributed by atoms with Crippen LogP contribution in [-0.2, 0) is 11.2 Å². The van der Waals surface area contributed by atoms with Gasteiger partial charge in [-0.3, -0.25) is 4.79 Å². The predicted octanol–water partition coefficient (Wildman–Crippen LogP) is 3.32. The lowest BCUT2D eigenvalue weighted by molar-refractivity contribution is -0.120. The number of anilines is 1. The molecule has 3 rings (SSSR count). The lowest BCUT2D eigenvalue weighted by Crippen LogP contribution is -2.33. The number of ether oxygens (including phenoxy) is 2. The van der Waals surface area contributed by atoms with Crippen LogP contribution in [0.15, 0.2) is 42.5 Å². The zero-order valence-electron chi connectivity index (χ0n) is 12.2. The van der Waals surface area contributed by atoms with Crippen LogP contribution in [0, 0.1) is 0 Å². The van der Waals surface area contributed by atoms with Crippen LogP contribution >= 0.6 is 11.6 Å². The number of halogens is 1. The highest BCUT2D eigenvalue weighted by Gasteiger charge is 2.25. The Kier molecular flexibility index (Phi) is 4.20. The van der Waals surface area contributed by atoms with Crippen LogP contribution in [0.25, 0.3) is 0 Å². The summed E-state index contributed by atoms with van der Waals surface area (Å²) in [6, 6.07) is 12.9. The van der Waals surface area contributed by atoms with E-state index in [0.717, 1.165) is 17.7 Å². The van der Waals surface area contributed by atoms with E-state index in [1.165, 1.54) is 0 Å². The van der Waals surface area contributed by atoms with Gasteiger partial charge in [0.15, 0.2) is 18.1 Å². The zero-order chi connectivity index (χ0) is 15.5. The van der Waals surface area contributed by atoms with Crippen LogP contribution in [0.4, 0.5) is 5.69 Å². The summed E-state index contributed by atoms with van der Waals surface area (Å²) in [7, 11) is 1.57. The standard InChI is InChI=1S/C17H16ClNO3/c1-21-15-4-2-3-5-16(15)22-11-17(20)19-9-8-12-10-13(18)6-7-14(12)19/h2-7,10H,8-9,11H2,1H3. The van der Waals surface area contributed by atoms with E-state index in [-0.39, 0.29) is 12.5 Å². The maximum atomic E-state index is 12.4. The summed E-state index contributed by atoms with van der Waals surface area (Å²) in [6.45, 7) is 0.631. The van der Waals surface area contributed by atoms with Crippen molar-refractivity contribution in [3.05, 3.63) is 53.1 Å². The van der Waals surface area contributed by atoms with Gasteiger partial charge in [0.2, 0.25) is 0 Å². The number of benzene rings is 2. The molecule has 0 radical (unpaired) electrons. The lowest BCUT2D eigenvalue weighted by atomic mass is 10.2. The number of amides is 1. The second-order valence-electron chi connectivity index (χ2n) is 5.01. The minimum atomic E-state index is -0.0769. The quantitative estimate of drug-likeness (QED) is 0.868. The number of carbonyl (C=O) groups is 1. The molecule has 0 bridgehead atoms. The Balaban J connectivity index is 1.69. The van der Waals surface area contributed by atoms with Crippen LogP contribution in [0.3, 0.4) is 0 Å². The number of rotatable bonds is 4. The maximum absolute atomic E-state index is 12.4. The molecule has 2 aromatic carbocycles. The van der Waals surface area contributed by atoms with Crippen molar-refractivity contribution >= 4 is 23.2 Å². The highest BCUT2D eigenvalue weighted by atomic mass is 35.5. The molecule has 5 heteroatoms. The third kappa shape index (κ3) is 2.88. The van der Waals surface area contributed by atoms with Gasteiger partial charge < -0.3 is 14.4 Å². The van der Waals surface area contributed by atoms with Gasteiger partial charge >= 0.3 is 0 Å². The molecule has 0 saturated heterocycles. The molecular weight excluding hydrogens is 302 g/mol. The van der Waals surface area contributed by atoms with Gasteiger partial charge in [0.1, 0.15) is 0 Å². The number of carbonyl (C=O) groups excluding carboxylic acids is 1. The molecule has 2 aromatic rings. The van der Waals surface area contributed by atoms with Gasteiger partial charge in [-0.25, -0.2) is 0 Å². The first-order valence-corrected chi connectivity index (χ1v) is 7.41. The molecule has 1 amide bonds. The normalized spacial score (nSPS) is 12.9. The van der Waals surface area contributed by atoms with Gasteiger partial charge in [-0.2, -0.15) is 0 Å². The minimum absolute atomic E-state index is 0.0254. The first-order chi connectivity index (χ1) is 10.7. The molecule has 1 aliphatic rings. The van der Waals surface area contributed by atoms with Gasteiger partial charge in [0, 0.05) is 17.3 Å². The van der Waals surface area contributed by atoms with Crippen molar-refractivity contribution in [3.8, 4) is 11.5 Å². The Bertz CT molecular complexity index is 702. The molecule has 0 fully saturated rings. The number of fused-ring (bicyclic) bond motifs is 1. The van der Waals surface area contributed by atoms with Crippen LogP contribution in [0.1, 0.15) is 5.56 Å². The summed E-state index contributed by atoms with van der Waals surface area (Å²) in [4.78, 5) is 14.1. The topological polar surface area (TPSA) is 38.8 Å². The van der Waals surface area contributed by atoms with Crippen molar-refractivity contribution < 1.29 is 14.3 Å². The van der Waals surface area contributed by atoms with Gasteiger partial charge in [-0.1, -0.05) is 23.7 Å². The van der Waals surface area contributed by atoms with Crippen LogP contribution in [-0.4, -0.2) is 26.2 Å². The summed E-state index contributed by atoms with van der Waals surface area (Å²) in [6.07, 6.45) is 0.816. The van der Waals surface area contributed by atoms with E-state index in [4.69, 9.17) is 21.1 Å². The molecule has 0 saturated carbocycles. The van der Waals surface area contributed by atoms with E-state index in [0.29, 0.717) is 23.1 Å². The monoisotopic (exact) mass is 317 g/mol. The van der Waals surface area contributed by atoms with Crippen molar-refractivity contribution in [2.45, 2.75) is 6.42 Å². The molecule has 1 heterocycles. The smallest absolute Gasteiger partial charge is 0.264 e. The molecule has 0 atom stereocenters. The second kappa shape index (κ2) is 6.28. The Morgan fingerprint density at radius 1 is 1.23 bits per heavy atom. The average molecular weight is 318 g/mol. The molecule has 0 aliphatic carbocycles. The first-order valence-electron chi connectivity index (χ1n) is 7.03. The van der Waals surface area contributed by atoms with E-state index >= 15 is 0 Å². The van der Waals surface area contributed by atoms with Crippen molar-refractivity contribution in [3.63, 3.8) is 0 Å². The van der Waals surface area contributed by atoms with E-state index in [1.807, 2.05) is 24.3 Å². The molecule has 114 valence electrons. The van der Waals surface area contributed by atoms with Crippen molar-refractivity contribution in [1.82, 2.24) is 0 Å². The fourth-order valence-corrected chi connectivity index (χ4v) is 2.78. The number of methoxy groups -OCH3 is 1. The summed E-state index contributed by atoms with van der Waals surface area (Å²) in [5.74, 6) is 1.10. The number of hydrogen-bond acceptors (Lipinski definition) is 3. The van der Waals surface area contributed by atoms with E-state index in [9.17, 15) is 4.79 Å². The molecule has 1 aliphatic heterocycles. The molecular formula is C17H16ClNO3. The van der Waals surface area contributed by atoms with Gasteiger partial charge in [0.05, 0.1) is 7.11 Å². The third-order valence-corrected chi connectivity index (χ3v) is 3.89. The molecule has 0 spiro atoms. The largest absolute Gasteiger partial charge is 0.493 e. The fraction of sp³-hybridized carbons (Fsp3) is 0.235. The number of hydrogen-bond donors (Lipinski definition) is 0. The fourth-order valence-electron chi connectivity index (χ4n) is 2.58.